The van der Waals surface area contributed by atoms with E-state index >= 15 is 0 Å². The van der Waals surface area contributed by atoms with Gasteiger partial charge in [-0.3, -0.25) is 9.59 Å². The first-order valence-corrected chi connectivity index (χ1v) is 9.21. The van der Waals surface area contributed by atoms with Gasteiger partial charge in [-0.2, -0.15) is 0 Å². The van der Waals surface area contributed by atoms with Crippen molar-refractivity contribution in [2.45, 2.75) is 12.8 Å². The van der Waals surface area contributed by atoms with Gasteiger partial charge in [0.05, 0.1) is 6.54 Å². The number of carbonyl (C=O) groups is 2. The molecule has 0 saturated carbocycles. The van der Waals surface area contributed by atoms with Gasteiger partial charge in [0.15, 0.2) is 0 Å². The number of nitrogens with one attached hydrogen (secondary N) is 1. The molecular weight excluding hydrogens is 332 g/mol. The third kappa shape index (κ3) is 4.09. The lowest BCUT2D eigenvalue weighted by molar-refractivity contribution is -0.126. The van der Waals surface area contributed by atoms with Crippen LogP contribution >= 0.6 is 11.3 Å². The molecule has 1 aromatic carbocycles. The molecule has 2 amide bonds. The monoisotopic (exact) mass is 352 g/mol. The van der Waals surface area contributed by atoms with Gasteiger partial charge in [0.1, 0.15) is 0 Å². The van der Waals surface area contributed by atoms with Gasteiger partial charge in [0, 0.05) is 29.4 Å². The smallest absolute Gasteiger partial charge is 0.253 e. The summed E-state index contributed by atoms with van der Waals surface area (Å²) in [7, 11) is 0. The number of terminal acetylenes is 1. The molecule has 5 heteroatoms. The molecule has 2 aromatic rings. The Morgan fingerprint density at radius 3 is 2.52 bits per heavy atom. The number of rotatable bonds is 4. The van der Waals surface area contributed by atoms with Crippen molar-refractivity contribution in [3.8, 4) is 22.8 Å². The molecule has 128 valence electrons. The molecule has 1 fully saturated rings. The zero-order valence-electron chi connectivity index (χ0n) is 13.9. The minimum Gasteiger partial charge on any atom is -0.345 e. The molecule has 4 nitrogen and oxygen atoms in total. The van der Waals surface area contributed by atoms with Crippen LogP contribution in [0.2, 0.25) is 0 Å². The lowest BCUT2D eigenvalue weighted by Crippen LogP contribution is -2.43. The number of benzene rings is 1. The van der Waals surface area contributed by atoms with E-state index in [4.69, 9.17) is 6.42 Å². The number of piperidine rings is 1. The van der Waals surface area contributed by atoms with Crippen molar-refractivity contribution < 1.29 is 9.59 Å². The Labute approximate surface area is 151 Å². The predicted octanol–water partition coefficient (Wildman–Crippen LogP) is 3.02. The van der Waals surface area contributed by atoms with Crippen LogP contribution in [0.3, 0.4) is 0 Å². The molecule has 3 rings (SSSR count). The van der Waals surface area contributed by atoms with E-state index in [1.807, 2.05) is 40.6 Å². The number of hydrogen-bond acceptors (Lipinski definition) is 3. The number of nitrogens with zero attached hydrogens (tertiary/aromatic N) is 1. The molecule has 1 N–H and O–H groups in total. The number of thiophene rings is 1. The van der Waals surface area contributed by atoms with Crippen LogP contribution in [0.4, 0.5) is 0 Å². The molecular formula is C20H20N2O2S. The molecule has 0 bridgehead atoms. The lowest BCUT2D eigenvalue weighted by atomic mass is 9.95. The fraction of sp³-hybridized carbons (Fsp3) is 0.300. The molecule has 0 aliphatic carbocycles. The van der Waals surface area contributed by atoms with Gasteiger partial charge in [-0.05, 0) is 42.0 Å². The summed E-state index contributed by atoms with van der Waals surface area (Å²) >= 11 is 1.68. The Bertz CT molecular complexity index is 767. The Hall–Kier alpha value is -2.58. The van der Waals surface area contributed by atoms with Crippen LogP contribution in [-0.4, -0.2) is 36.3 Å². The first-order valence-electron chi connectivity index (χ1n) is 8.33. The van der Waals surface area contributed by atoms with Crippen molar-refractivity contribution in [3.63, 3.8) is 0 Å². The lowest BCUT2D eigenvalue weighted by Gasteiger charge is -2.31. The van der Waals surface area contributed by atoms with E-state index < -0.39 is 0 Å². The van der Waals surface area contributed by atoms with Gasteiger partial charge >= 0.3 is 0 Å². The van der Waals surface area contributed by atoms with Crippen LogP contribution in [0.25, 0.3) is 10.4 Å². The quantitative estimate of drug-likeness (QED) is 0.860. The summed E-state index contributed by atoms with van der Waals surface area (Å²) in [6.07, 6.45) is 6.51. The highest BCUT2D eigenvalue weighted by Crippen LogP contribution is 2.25. The molecule has 1 aliphatic heterocycles. The van der Waals surface area contributed by atoms with E-state index in [0.717, 1.165) is 5.56 Å². The third-order valence-electron chi connectivity index (χ3n) is 4.46. The van der Waals surface area contributed by atoms with Gasteiger partial charge in [0.25, 0.3) is 5.91 Å². The van der Waals surface area contributed by atoms with Crippen LogP contribution in [0.15, 0.2) is 41.8 Å². The van der Waals surface area contributed by atoms with Gasteiger partial charge in [-0.25, -0.2) is 0 Å². The van der Waals surface area contributed by atoms with Crippen LogP contribution < -0.4 is 5.32 Å². The molecule has 0 spiro atoms. The van der Waals surface area contributed by atoms with Crippen molar-refractivity contribution >= 4 is 23.2 Å². The Kier molecular flexibility index (Phi) is 5.52. The van der Waals surface area contributed by atoms with Crippen molar-refractivity contribution in [2.24, 2.45) is 5.92 Å². The second kappa shape index (κ2) is 8.00. The summed E-state index contributed by atoms with van der Waals surface area (Å²) in [4.78, 5) is 27.6. The Morgan fingerprint density at radius 2 is 1.92 bits per heavy atom. The fourth-order valence-electron chi connectivity index (χ4n) is 3.03. The highest BCUT2D eigenvalue weighted by atomic mass is 32.1. The van der Waals surface area contributed by atoms with Gasteiger partial charge in [-0.1, -0.05) is 24.1 Å². The average molecular weight is 352 g/mol. The standard InChI is InChI=1S/C20H20N2O2S/c1-2-11-21-19(23)16-9-12-22(13-10-16)20(24)17-7-5-15(6-8-17)18-4-3-14-25-18/h1,3-8,14,16H,9-13H2,(H,21,23). The maximum atomic E-state index is 12.6. The Balaban J connectivity index is 1.57. The first kappa shape index (κ1) is 17.2. The zero-order valence-corrected chi connectivity index (χ0v) is 14.7. The Morgan fingerprint density at radius 1 is 1.20 bits per heavy atom. The highest BCUT2D eigenvalue weighted by Gasteiger charge is 2.27. The molecule has 1 saturated heterocycles. The summed E-state index contributed by atoms with van der Waals surface area (Å²) in [6, 6.07) is 11.8. The van der Waals surface area contributed by atoms with Gasteiger partial charge < -0.3 is 10.2 Å². The molecule has 0 unspecified atom stereocenters. The van der Waals surface area contributed by atoms with E-state index in [0.29, 0.717) is 31.5 Å². The minimum absolute atomic E-state index is 0.00894. The highest BCUT2D eigenvalue weighted by molar-refractivity contribution is 7.13. The summed E-state index contributed by atoms with van der Waals surface area (Å²) in [5.41, 5.74) is 1.81. The summed E-state index contributed by atoms with van der Waals surface area (Å²) in [5, 5.41) is 4.76. The van der Waals surface area contributed by atoms with E-state index in [1.54, 1.807) is 11.3 Å². The largest absolute Gasteiger partial charge is 0.345 e. The van der Waals surface area contributed by atoms with E-state index in [2.05, 4.69) is 17.3 Å². The maximum Gasteiger partial charge on any atom is 0.253 e. The molecule has 2 heterocycles. The summed E-state index contributed by atoms with van der Waals surface area (Å²) in [6.45, 7) is 1.45. The van der Waals surface area contributed by atoms with Crippen LogP contribution in [0.5, 0.6) is 0 Å². The van der Waals surface area contributed by atoms with Gasteiger partial charge in [-0.15, -0.1) is 17.8 Å². The SMILES string of the molecule is C#CCNC(=O)C1CCN(C(=O)c2ccc(-c3cccs3)cc2)CC1. The fourth-order valence-corrected chi connectivity index (χ4v) is 3.76. The maximum absolute atomic E-state index is 12.6. The van der Waals surface area contributed by atoms with Crippen molar-refractivity contribution in [3.05, 3.63) is 47.3 Å². The molecule has 1 aliphatic rings. The van der Waals surface area contributed by atoms with Gasteiger partial charge in [0.2, 0.25) is 5.91 Å². The zero-order chi connectivity index (χ0) is 17.6. The predicted molar refractivity (Wildman–Crippen MR) is 100 cm³/mol. The van der Waals surface area contributed by atoms with E-state index in [-0.39, 0.29) is 24.3 Å². The molecule has 25 heavy (non-hydrogen) atoms. The molecule has 0 atom stereocenters. The van der Waals surface area contributed by atoms with Crippen molar-refractivity contribution in [1.29, 1.82) is 0 Å². The average Bonchev–Trinajstić information content (AvgIpc) is 3.20. The van der Waals surface area contributed by atoms with Crippen LogP contribution in [0, 0.1) is 18.3 Å². The number of carbonyl (C=O) groups excluding carboxylic acids is 2. The van der Waals surface area contributed by atoms with E-state index in [9.17, 15) is 9.59 Å². The second-order valence-corrected chi connectivity index (χ2v) is 6.99. The minimum atomic E-state index is -0.0568. The third-order valence-corrected chi connectivity index (χ3v) is 5.37. The summed E-state index contributed by atoms with van der Waals surface area (Å²) in [5.74, 6) is 2.37. The first-order chi connectivity index (χ1) is 12.2. The molecule has 0 radical (unpaired) electrons. The number of amides is 2. The number of hydrogen-bond donors (Lipinski definition) is 1. The molecule has 1 aromatic heterocycles. The van der Waals surface area contributed by atoms with Crippen molar-refractivity contribution in [1.82, 2.24) is 10.2 Å². The normalized spacial score (nSPS) is 14.8. The number of likely N-dealkylation sites (tertiary alicyclic amines) is 1. The van der Waals surface area contributed by atoms with Crippen LogP contribution in [-0.2, 0) is 4.79 Å². The topological polar surface area (TPSA) is 49.4 Å². The van der Waals surface area contributed by atoms with Crippen LogP contribution in [0.1, 0.15) is 23.2 Å². The van der Waals surface area contributed by atoms with Crippen molar-refractivity contribution in [2.75, 3.05) is 19.6 Å². The summed E-state index contributed by atoms with van der Waals surface area (Å²) < 4.78 is 0. The van der Waals surface area contributed by atoms with E-state index in [1.165, 1.54) is 4.88 Å². The second-order valence-electron chi connectivity index (χ2n) is 6.04.